The number of carbonyl (C=O) groups is 1. The Morgan fingerprint density at radius 1 is 1.26 bits per heavy atom. The second kappa shape index (κ2) is 5.97. The molecule has 0 radical (unpaired) electrons. The van der Waals surface area contributed by atoms with E-state index in [2.05, 4.69) is 46.1 Å². The van der Waals surface area contributed by atoms with Crippen LogP contribution in [0.4, 0.5) is 5.69 Å². The molecule has 1 heterocycles. The third-order valence-corrected chi connectivity index (χ3v) is 3.26. The largest absolute Gasteiger partial charge is 0.321 e. The van der Waals surface area contributed by atoms with E-state index in [1.54, 1.807) is 18.3 Å². The van der Waals surface area contributed by atoms with Gasteiger partial charge in [0.15, 0.2) is 0 Å². The van der Waals surface area contributed by atoms with Crippen molar-refractivity contribution < 1.29 is 4.79 Å². The summed E-state index contributed by atoms with van der Waals surface area (Å²) in [7, 11) is 0. The summed E-state index contributed by atoms with van der Waals surface area (Å²) in [6.07, 6.45) is 1.60. The highest BCUT2D eigenvalue weighted by atomic mass is 79.9. The van der Waals surface area contributed by atoms with Gasteiger partial charge < -0.3 is 5.32 Å². The molecule has 0 saturated carbocycles. The molecule has 2 rings (SSSR count). The standard InChI is InChI=1S/C15H15BrN2O/c1-10(2)11-4-3-5-13(8-11)18-15(19)14-9-12(16)6-7-17-14/h3-10H,1-2H3,(H,18,19). The lowest BCUT2D eigenvalue weighted by Gasteiger charge is -2.09. The highest BCUT2D eigenvalue weighted by Gasteiger charge is 2.08. The molecular formula is C15H15BrN2O. The molecule has 1 aromatic carbocycles. The van der Waals surface area contributed by atoms with Crippen LogP contribution >= 0.6 is 15.9 Å². The zero-order valence-electron chi connectivity index (χ0n) is 10.9. The molecule has 19 heavy (non-hydrogen) atoms. The first-order valence-corrected chi connectivity index (χ1v) is 6.88. The molecule has 0 atom stereocenters. The van der Waals surface area contributed by atoms with Crippen LogP contribution in [0.1, 0.15) is 35.8 Å². The summed E-state index contributed by atoms with van der Waals surface area (Å²) in [5.41, 5.74) is 2.38. The van der Waals surface area contributed by atoms with Crippen LogP contribution in [0.5, 0.6) is 0 Å². The van der Waals surface area contributed by atoms with E-state index in [1.165, 1.54) is 5.56 Å². The second-order valence-electron chi connectivity index (χ2n) is 4.59. The minimum Gasteiger partial charge on any atom is -0.321 e. The van der Waals surface area contributed by atoms with Crippen LogP contribution in [0.2, 0.25) is 0 Å². The van der Waals surface area contributed by atoms with Gasteiger partial charge >= 0.3 is 0 Å². The van der Waals surface area contributed by atoms with Gasteiger partial charge in [-0.25, -0.2) is 0 Å². The molecule has 0 fully saturated rings. The fraction of sp³-hybridized carbons (Fsp3) is 0.200. The highest BCUT2D eigenvalue weighted by molar-refractivity contribution is 9.10. The number of hydrogen-bond acceptors (Lipinski definition) is 2. The van der Waals surface area contributed by atoms with Gasteiger partial charge in [0.1, 0.15) is 5.69 Å². The first-order chi connectivity index (χ1) is 9.06. The van der Waals surface area contributed by atoms with E-state index in [-0.39, 0.29) is 5.91 Å². The van der Waals surface area contributed by atoms with Crippen LogP contribution in [0.25, 0.3) is 0 Å². The zero-order valence-corrected chi connectivity index (χ0v) is 12.4. The van der Waals surface area contributed by atoms with E-state index in [0.717, 1.165) is 10.2 Å². The van der Waals surface area contributed by atoms with Crippen molar-refractivity contribution in [1.82, 2.24) is 4.98 Å². The van der Waals surface area contributed by atoms with E-state index in [0.29, 0.717) is 11.6 Å². The number of pyridine rings is 1. The molecular weight excluding hydrogens is 304 g/mol. The van der Waals surface area contributed by atoms with Gasteiger partial charge in [0.2, 0.25) is 0 Å². The molecule has 0 aliphatic carbocycles. The third kappa shape index (κ3) is 3.64. The first kappa shape index (κ1) is 13.7. The Kier molecular flexibility index (Phi) is 4.32. The lowest BCUT2D eigenvalue weighted by Crippen LogP contribution is -2.13. The molecule has 1 amide bonds. The van der Waals surface area contributed by atoms with Crippen molar-refractivity contribution in [2.45, 2.75) is 19.8 Å². The van der Waals surface area contributed by atoms with E-state index in [1.807, 2.05) is 18.2 Å². The van der Waals surface area contributed by atoms with Crippen molar-refractivity contribution in [3.63, 3.8) is 0 Å². The fourth-order valence-electron chi connectivity index (χ4n) is 1.70. The molecule has 0 unspecified atom stereocenters. The minimum atomic E-state index is -0.206. The van der Waals surface area contributed by atoms with Gasteiger partial charge in [-0.1, -0.05) is 41.9 Å². The molecule has 1 N–H and O–H groups in total. The highest BCUT2D eigenvalue weighted by Crippen LogP contribution is 2.19. The van der Waals surface area contributed by atoms with E-state index in [4.69, 9.17) is 0 Å². The van der Waals surface area contributed by atoms with Gasteiger partial charge in [-0.15, -0.1) is 0 Å². The van der Waals surface area contributed by atoms with Crippen molar-refractivity contribution in [3.05, 3.63) is 58.3 Å². The smallest absolute Gasteiger partial charge is 0.274 e. The molecule has 0 aliphatic rings. The zero-order chi connectivity index (χ0) is 13.8. The van der Waals surface area contributed by atoms with Crippen molar-refractivity contribution >= 4 is 27.5 Å². The Balaban J connectivity index is 2.17. The summed E-state index contributed by atoms with van der Waals surface area (Å²) in [6, 6.07) is 11.3. The summed E-state index contributed by atoms with van der Waals surface area (Å²) in [6.45, 7) is 4.24. The Morgan fingerprint density at radius 3 is 2.74 bits per heavy atom. The predicted molar refractivity (Wildman–Crippen MR) is 80.4 cm³/mol. The number of halogens is 1. The number of amides is 1. The van der Waals surface area contributed by atoms with Crippen LogP contribution in [0, 0.1) is 0 Å². The van der Waals surface area contributed by atoms with Crippen molar-refractivity contribution in [2.24, 2.45) is 0 Å². The van der Waals surface area contributed by atoms with Crippen molar-refractivity contribution in [2.75, 3.05) is 5.32 Å². The minimum absolute atomic E-state index is 0.206. The third-order valence-electron chi connectivity index (χ3n) is 2.77. The second-order valence-corrected chi connectivity index (χ2v) is 5.51. The van der Waals surface area contributed by atoms with Crippen LogP contribution in [0.15, 0.2) is 47.1 Å². The summed E-state index contributed by atoms with van der Waals surface area (Å²) in [4.78, 5) is 16.1. The van der Waals surface area contributed by atoms with E-state index >= 15 is 0 Å². The summed E-state index contributed by atoms with van der Waals surface area (Å²) in [5.74, 6) is 0.225. The average Bonchev–Trinajstić information content (AvgIpc) is 2.39. The quantitative estimate of drug-likeness (QED) is 0.920. The molecule has 2 aromatic rings. The van der Waals surface area contributed by atoms with Gasteiger partial charge in [0, 0.05) is 16.4 Å². The first-order valence-electron chi connectivity index (χ1n) is 6.09. The van der Waals surface area contributed by atoms with Crippen LogP contribution < -0.4 is 5.32 Å². The number of nitrogens with zero attached hydrogens (tertiary/aromatic N) is 1. The average molecular weight is 319 g/mol. The predicted octanol–water partition coefficient (Wildman–Crippen LogP) is 4.22. The molecule has 98 valence electrons. The lowest BCUT2D eigenvalue weighted by molar-refractivity contribution is 0.102. The summed E-state index contributed by atoms with van der Waals surface area (Å²) >= 11 is 3.33. The lowest BCUT2D eigenvalue weighted by atomic mass is 10.0. The van der Waals surface area contributed by atoms with Crippen LogP contribution in [-0.2, 0) is 0 Å². The van der Waals surface area contributed by atoms with Crippen molar-refractivity contribution in [3.8, 4) is 0 Å². The Hall–Kier alpha value is -1.68. The maximum atomic E-state index is 12.1. The van der Waals surface area contributed by atoms with Crippen LogP contribution in [0.3, 0.4) is 0 Å². The number of hydrogen-bond donors (Lipinski definition) is 1. The van der Waals surface area contributed by atoms with Gasteiger partial charge in [-0.3, -0.25) is 9.78 Å². The number of anilines is 1. The molecule has 0 aliphatic heterocycles. The molecule has 3 nitrogen and oxygen atoms in total. The number of benzene rings is 1. The maximum absolute atomic E-state index is 12.1. The van der Waals surface area contributed by atoms with Crippen LogP contribution in [-0.4, -0.2) is 10.9 Å². The van der Waals surface area contributed by atoms with Gasteiger partial charge in [0.05, 0.1) is 0 Å². The van der Waals surface area contributed by atoms with Gasteiger partial charge in [0.25, 0.3) is 5.91 Å². The summed E-state index contributed by atoms with van der Waals surface area (Å²) in [5, 5.41) is 2.86. The van der Waals surface area contributed by atoms with Gasteiger partial charge in [-0.05, 0) is 35.7 Å². The number of rotatable bonds is 3. The molecule has 0 spiro atoms. The fourth-order valence-corrected chi connectivity index (χ4v) is 2.03. The Labute approximate surface area is 121 Å². The van der Waals surface area contributed by atoms with E-state index < -0.39 is 0 Å². The molecule has 4 heteroatoms. The molecule has 0 bridgehead atoms. The molecule has 0 saturated heterocycles. The Morgan fingerprint density at radius 2 is 2.05 bits per heavy atom. The normalized spacial score (nSPS) is 10.5. The Bertz CT molecular complexity index is 596. The monoisotopic (exact) mass is 318 g/mol. The summed E-state index contributed by atoms with van der Waals surface area (Å²) < 4.78 is 0.837. The van der Waals surface area contributed by atoms with E-state index in [9.17, 15) is 4.79 Å². The number of aromatic nitrogens is 1. The topological polar surface area (TPSA) is 42.0 Å². The number of nitrogens with one attached hydrogen (secondary N) is 1. The maximum Gasteiger partial charge on any atom is 0.274 e. The SMILES string of the molecule is CC(C)c1cccc(NC(=O)c2cc(Br)ccn2)c1. The van der Waals surface area contributed by atoms with Crippen molar-refractivity contribution in [1.29, 1.82) is 0 Å². The van der Waals surface area contributed by atoms with Gasteiger partial charge in [-0.2, -0.15) is 0 Å². The molecule has 1 aromatic heterocycles. The number of carbonyl (C=O) groups excluding carboxylic acids is 1.